The number of β-amino-alcohol motifs (C(OH)–C–C–N with tert-alkyl or cyclic N) is 1. The van der Waals surface area contributed by atoms with Crippen LogP contribution >= 0.6 is 0 Å². The van der Waals surface area contributed by atoms with Crippen LogP contribution in [0.15, 0.2) is 73.3 Å². The molecule has 0 saturated carbocycles. The van der Waals surface area contributed by atoms with Gasteiger partial charge in [-0.25, -0.2) is 4.68 Å². The molecule has 1 fully saturated rings. The van der Waals surface area contributed by atoms with E-state index in [0.717, 1.165) is 55.2 Å². The Morgan fingerprint density at radius 3 is 2.40 bits per heavy atom. The Bertz CT molecular complexity index is 1240. The number of pyridine rings is 1. The van der Waals surface area contributed by atoms with Gasteiger partial charge in [-0.15, -0.1) is 0 Å². The van der Waals surface area contributed by atoms with Gasteiger partial charge in [-0.1, -0.05) is 36.9 Å². The lowest BCUT2D eigenvalue weighted by atomic mass is 9.90. The van der Waals surface area contributed by atoms with Crippen LogP contribution < -0.4 is 5.32 Å². The second-order valence-corrected chi connectivity index (χ2v) is 12.2. The number of hydrogen-bond acceptors (Lipinski definition) is 7. The minimum atomic E-state index is -1.06. The van der Waals surface area contributed by atoms with Gasteiger partial charge >= 0.3 is 0 Å². The van der Waals surface area contributed by atoms with E-state index < -0.39 is 11.8 Å². The van der Waals surface area contributed by atoms with Gasteiger partial charge in [-0.3, -0.25) is 14.8 Å². The number of allylic oxidation sites excluding steroid dienone is 1. The van der Waals surface area contributed by atoms with Gasteiger partial charge in [0.2, 0.25) is 0 Å². The van der Waals surface area contributed by atoms with Crippen molar-refractivity contribution in [1.29, 1.82) is 0 Å². The predicted molar refractivity (Wildman–Crippen MR) is 160 cm³/mol. The first kappa shape index (κ1) is 29.9. The summed E-state index contributed by atoms with van der Waals surface area (Å²) in [6.07, 6.45) is 6.53. The van der Waals surface area contributed by atoms with E-state index in [1.165, 1.54) is 5.56 Å². The molecular formula is C32H46N6O2. The summed E-state index contributed by atoms with van der Waals surface area (Å²) in [5.41, 5.74) is 3.77. The average molecular weight is 547 g/mol. The van der Waals surface area contributed by atoms with E-state index in [1.54, 1.807) is 13.8 Å². The fourth-order valence-corrected chi connectivity index (χ4v) is 5.55. The molecule has 0 spiro atoms. The lowest BCUT2D eigenvalue weighted by Gasteiger charge is -2.43. The maximum Gasteiger partial charge on any atom is 0.129 e. The molecule has 0 bridgehead atoms. The van der Waals surface area contributed by atoms with Gasteiger partial charge in [0.15, 0.2) is 0 Å². The van der Waals surface area contributed by atoms with E-state index in [1.807, 2.05) is 48.4 Å². The number of aliphatic hydroxyl groups excluding tert-OH is 1. The largest absolute Gasteiger partial charge is 0.392 e. The second kappa shape index (κ2) is 12.6. The standard InChI is InChI=1S/C32H46N6O2/c1-24-18-28(22-33-21-24)38-13-12-30(35-38)31(3,4)37-16-14-36(15-17-37)23-29(39)20-27(25(2)34-32(5,6)40)19-26-10-8-7-9-11-26/h7-13,18,21-22,27,29,34,39-40H,2,14-17,19-20,23H2,1,3-6H3. The molecule has 2 unspecified atom stereocenters. The Labute approximate surface area is 239 Å². The van der Waals surface area contributed by atoms with E-state index in [9.17, 15) is 10.2 Å². The highest BCUT2D eigenvalue weighted by atomic mass is 16.3. The molecular weight excluding hydrogens is 500 g/mol. The van der Waals surface area contributed by atoms with Crippen molar-refractivity contribution in [2.24, 2.45) is 5.92 Å². The lowest BCUT2D eigenvalue weighted by Crippen LogP contribution is -2.54. The van der Waals surface area contributed by atoms with Crippen LogP contribution in [0.2, 0.25) is 0 Å². The molecule has 3 aromatic rings. The van der Waals surface area contributed by atoms with E-state index in [4.69, 9.17) is 5.10 Å². The topological polar surface area (TPSA) is 89.7 Å². The van der Waals surface area contributed by atoms with Crippen LogP contribution in [0.4, 0.5) is 0 Å². The van der Waals surface area contributed by atoms with Crippen molar-refractivity contribution in [1.82, 2.24) is 29.9 Å². The van der Waals surface area contributed by atoms with E-state index >= 15 is 0 Å². The molecule has 1 aliphatic heterocycles. The number of piperazine rings is 1. The third kappa shape index (κ3) is 8.01. The lowest BCUT2D eigenvalue weighted by molar-refractivity contribution is 0.0206. The van der Waals surface area contributed by atoms with Crippen molar-refractivity contribution < 1.29 is 10.2 Å². The highest BCUT2D eigenvalue weighted by Crippen LogP contribution is 2.29. The Morgan fingerprint density at radius 2 is 1.75 bits per heavy atom. The zero-order valence-electron chi connectivity index (χ0n) is 24.7. The molecule has 3 N–H and O–H groups in total. The Kier molecular flexibility index (Phi) is 9.46. The average Bonchev–Trinajstić information content (AvgIpc) is 3.40. The molecule has 1 aromatic carbocycles. The maximum atomic E-state index is 11.1. The Hall–Kier alpha value is -3.04. The quantitative estimate of drug-likeness (QED) is 0.297. The maximum absolute atomic E-state index is 11.1. The van der Waals surface area contributed by atoms with E-state index in [-0.39, 0.29) is 11.5 Å². The van der Waals surface area contributed by atoms with Gasteiger partial charge in [-0.05, 0) is 70.7 Å². The fraction of sp³-hybridized carbons (Fsp3) is 0.500. The fourth-order valence-electron chi connectivity index (χ4n) is 5.55. The Morgan fingerprint density at radius 1 is 1.05 bits per heavy atom. The summed E-state index contributed by atoms with van der Waals surface area (Å²) >= 11 is 0. The van der Waals surface area contributed by atoms with Crippen molar-refractivity contribution >= 4 is 0 Å². The molecule has 8 heteroatoms. The number of aromatic nitrogens is 3. The first-order valence-corrected chi connectivity index (χ1v) is 14.3. The smallest absolute Gasteiger partial charge is 0.129 e. The summed E-state index contributed by atoms with van der Waals surface area (Å²) in [5.74, 6) is 0.00256. The zero-order chi connectivity index (χ0) is 28.9. The minimum absolute atomic E-state index is 0.00256. The van der Waals surface area contributed by atoms with Crippen LogP contribution in [0.5, 0.6) is 0 Å². The summed E-state index contributed by atoms with van der Waals surface area (Å²) in [4.78, 5) is 9.12. The van der Waals surface area contributed by atoms with Gasteiger partial charge in [0.25, 0.3) is 0 Å². The molecule has 1 aliphatic rings. The molecule has 2 aromatic heterocycles. The predicted octanol–water partition coefficient (Wildman–Crippen LogP) is 3.87. The van der Waals surface area contributed by atoms with Crippen LogP contribution in [-0.4, -0.2) is 79.3 Å². The van der Waals surface area contributed by atoms with Crippen LogP contribution in [0, 0.1) is 12.8 Å². The first-order chi connectivity index (χ1) is 18.9. The summed E-state index contributed by atoms with van der Waals surface area (Å²) in [5, 5.41) is 29.4. The highest BCUT2D eigenvalue weighted by Gasteiger charge is 2.34. The number of nitrogens with zero attached hydrogens (tertiary/aromatic N) is 5. The highest BCUT2D eigenvalue weighted by molar-refractivity contribution is 5.31. The Balaban J connectivity index is 1.33. The molecule has 0 radical (unpaired) electrons. The molecule has 2 atom stereocenters. The number of rotatable bonds is 12. The molecule has 0 amide bonds. The van der Waals surface area contributed by atoms with Crippen molar-refractivity contribution in [3.05, 3.63) is 90.2 Å². The number of benzene rings is 1. The molecule has 4 rings (SSSR count). The van der Waals surface area contributed by atoms with Gasteiger partial charge in [0, 0.05) is 56.7 Å². The number of hydrogen-bond donors (Lipinski definition) is 3. The SMILES string of the molecule is C=C(NC(C)(C)O)C(Cc1ccccc1)CC(O)CN1CCN(C(C)(C)c2ccn(-c3cncc(C)c3)n2)CC1. The van der Waals surface area contributed by atoms with Gasteiger partial charge < -0.3 is 15.5 Å². The van der Waals surface area contributed by atoms with E-state index in [2.05, 4.69) is 64.8 Å². The monoisotopic (exact) mass is 546 g/mol. The van der Waals surface area contributed by atoms with E-state index in [0.29, 0.717) is 13.0 Å². The third-order valence-corrected chi connectivity index (χ3v) is 7.81. The first-order valence-electron chi connectivity index (χ1n) is 14.3. The van der Waals surface area contributed by atoms with Gasteiger partial charge in [0.1, 0.15) is 5.72 Å². The van der Waals surface area contributed by atoms with Crippen LogP contribution in [0.1, 0.15) is 50.9 Å². The van der Waals surface area contributed by atoms with Gasteiger partial charge in [-0.2, -0.15) is 5.10 Å². The van der Waals surface area contributed by atoms with Crippen molar-refractivity contribution in [2.45, 2.75) is 64.8 Å². The summed E-state index contributed by atoms with van der Waals surface area (Å²) in [6, 6.07) is 14.4. The molecule has 0 aliphatic carbocycles. The summed E-state index contributed by atoms with van der Waals surface area (Å²) in [6.45, 7) is 18.3. The zero-order valence-corrected chi connectivity index (χ0v) is 24.7. The molecule has 216 valence electrons. The van der Waals surface area contributed by atoms with Crippen LogP contribution in [-0.2, 0) is 12.0 Å². The second-order valence-electron chi connectivity index (χ2n) is 12.2. The number of aliphatic hydroxyl groups is 2. The summed E-state index contributed by atoms with van der Waals surface area (Å²) in [7, 11) is 0. The molecule has 3 heterocycles. The number of aryl methyl sites for hydroxylation is 1. The van der Waals surface area contributed by atoms with Gasteiger partial charge in [0.05, 0.1) is 29.2 Å². The molecule has 8 nitrogen and oxygen atoms in total. The van der Waals surface area contributed by atoms with Crippen LogP contribution in [0.25, 0.3) is 5.69 Å². The van der Waals surface area contributed by atoms with Crippen molar-refractivity contribution in [3.8, 4) is 5.69 Å². The normalized spacial score (nSPS) is 17.0. The third-order valence-electron chi connectivity index (χ3n) is 7.81. The molecule has 1 saturated heterocycles. The minimum Gasteiger partial charge on any atom is -0.392 e. The van der Waals surface area contributed by atoms with Crippen molar-refractivity contribution in [3.63, 3.8) is 0 Å². The summed E-state index contributed by atoms with van der Waals surface area (Å²) < 4.78 is 1.90. The number of nitrogens with one attached hydrogen (secondary N) is 1. The molecule has 40 heavy (non-hydrogen) atoms. The van der Waals surface area contributed by atoms with Crippen molar-refractivity contribution in [2.75, 3.05) is 32.7 Å². The van der Waals surface area contributed by atoms with Crippen LogP contribution in [0.3, 0.4) is 0 Å².